The van der Waals surface area contributed by atoms with Crippen molar-refractivity contribution >= 4 is 23.4 Å². The number of rotatable bonds is 4. The lowest BCUT2D eigenvalue weighted by Crippen LogP contribution is -2.03. The summed E-state index contributed by atoms with van der Waals surface area (Å²) in [6.45, 7) is 0. The van der Waals surface area contributed by atoms with E-state index in [4.69, 9.17) is 10.00 Å². The fourth-order valence-electron chi connectivity index (χ4n) is 2.06. The van der Waals surface area contributed by atoms with Crippen molar-refractivity contribution in [2.24, 2.45) is 0 Å². The molecule has 0 fully saturated rings. The minimum Gasteiger partial charge on any atom is -0.423 e. The van der Waals surface area contributed by atoms with Crippen molar-refractivity contribution in [3.05, 3.63) is 76.8 Å². The fourth-order valence-corrected chi connectivity index (χ4v) is 2.57. The van der Waals surface area contributed by atoms with Gasteiger partial charge >= 0.3 is 5.97 Å². The first kappa shape index (κ1) is 15.7. The van der Waals surface area contributed by atoms with E-state index in [1.54, 1.807) is 42.0 Å². The highest BCUT2D eigenvalue weighted by Gasteiger charge is 2.03. The average Bonchev–Trinajstić information content (AvgIpc) is 3.14. The molecular formula is C19H12N2O2S. The van der Waals surface area contributed by atoms with Crippen LogP contribution >= 0.6 is 11.3 Å². The molecular weight excluding hydrogens is 320 g/mol. The van der Waals surface area contributed by atoms with Gasteiger partial charge < -0.3 is 4.74 Å². The summed E-state index contributed by atoms with van der Waals surface area (Å²) in [5, 5.41) is 8.82. The Hall–Kier alpha value is -3.23. The highest BCUT2D eigenvalue weighted by molar-refractivity contribution is 7.10. The van der Waals surface area contributed by atoms with Crippen LogP contribution in [0.1, 0.15) is 10.4 Å². The molecule has 5 heteroatoms. The Balaban J connectivity index is 1.65. The Morgan fingerprint density at radius 2 is 1.75 bits per heavy atom. The van der Waals surface area contributed by atoms with E-state index in [2.05, 4.69) is 11.1 Å². The summed E-state index contributed by atoms with van der Waals surface area (Å²) in [5.74, 6) is 0.0425. The fraction of sp³-hybridized carbons (Fsp3) is 0. The van der Waals surface area contributed by atoms with E-state index in [0.29, 0.717) is 11.3 Å². The second kappa shape index (κ2) is 7.36. The molecule has 3 rings (SSSR count). The van der Waals surface area contributed by atoms with Crippen LogP contribution in [0.5, 0.6) is 5.75 Å². The van der Waals surface area contributed by atoms with Crippen molar-refractivity contribution in [1.82, 2.24) is 4.98 Å². The Labute approximate surface area is 143 Å². The Morgan fingerprint density at radius 1 is 1.08 bits per heavy atom. The molecule has 1 heterocycles. The highest BCUT2D eigenvalue weighted by atomic mass is 32.1. The quantitative estimate of drug-likeness (QED) is 0.406. The molecule has 2 aromatic carbocycles. The van der Waals surface area contributed by atoms with Gasteiger partial charge in [0, 0.05) is 17.2 Å². The van der Waals surface area contributed by atoms with Gasteiger partial charge in [-0.15, -0.1) is 11.3 Å². The summed E-state index contributed by atoms with van der Waals surface area (Å²) in [6.07, 6.45) is 4.73. The number of carbonyl (C=O) groups excluding carboxylic acids is 1. The van der Waals surface area contributed by atoms with Crippen LogP contribution in [0.25, 0.3) is 17.2 Å². The molecule has 0 spiro atoms. The van der Waals surface area contributed by atoms with Crippen molar-refractivity contribution < 1.29 is 9.53 Å². The Bertz CT molecular complexity index is 890. The molecule has 24 heavy (non-hydrogen) atoms. The largest absolute Gasteiger partial charge is 0.423 e. The second-order valence-corrected chi connectivity index (χ2v) is 5.79. The molecule has 0 saturated heterocycles. The number of ether oxygens (including phenoxy) is 1. The number of aromatic nitrogens is 1. The molecule has 0 atom stereocenters. The molecule has 0 aliphatic heterocycles. The predicted octanol–water partition coefficient (Wildman–Crippen LogP) is 4.30. The standard InChI is InChI=1S/C19H12N2O2S/c20-11-14-1-3-15(4-2-14)16-5-7-17(8-6-16)23-19(22)10-9-18-12-21-13-24-18/h1-10,12-13H/b10-9+. The number of thiazole rings is 1. The van der Waals surface area contributed by atoms with Crippen LogP contribution in [0.2, 0.25) is 0 Å². The lowest BCUT2D eigenvalue weighted by molar-refractivity contribution is -0.128. The highest BCUT2D eigenvalue weighted by Crippen LogP contribution is 2.23. The van der Waals surface area contributed by atoms with Crippen molar-refractivity contribution in [1.29, 1.82) is 5.26 Å². The number of nitrogens with zero attached hydrogens (tertiary/aromatic N) is 2. The number of nitriles is 1. The maximum absolute atomic E-state index is 11.8. The van der Waals surface area contributed by atoms with Gasteiger partial charge in [-0.2, -0.15) is 5.26 Å². The number of hydrogen-bond acceptors (Lipinski definition) is 5. The zero-order valence-corrected chi connectivity index (χ0v) is 13.4. The molecule has 0 radical (unpaired) electrons. The first-order valence-electron chi connectivity index (χ1n) is 7.13. The van der Waals surface area contributed by atoms with E-state index in [0.717, 1.165) is 16.0 Å². The van der Waals surface area contributed by atoms with Gasteiger partial charge in [0.25, 0.3) is 0 Å². The van der Waals surface area contributed by atoms with Crippen LogP contribution in [0.3, 0.4) is 0 Å². The van der Waals surface area contributed by atoms with Gasteiger partial charge in [0.05, 0.1) is 17.1 Å². The molecule has 0 saturated carbocycles. The molecule has 3 aromatic rings. The normalized spacial score (nSPS) is 10.5. The van der Waals surface area contributed by atoms with E-state index in [-0.39, 0.29) is 0 Å². The van der Waals surface area contributed by atoms with Gasteiger partial charge in [0.15, 0.2) is 0 Å². The van der Waals surface area contributed by atoms with Crippen LogP contribution in [0, 0.1) is 11.3 Å². The van der Waals surface area contributed by atoms with Gasteiger partial charge in [0.2, 0.25) is 0 Å². The van der Waals surface area contributed by atoms with E-state index >= 15 is 0 Å². The smallest absolute Gasteiger partial charge is 0.336 e. The molecule has 0 unspecified atom stereocenters. The minimum atomic E-state index is -0.436. The third-order valence-electron chi connectivity index (χ3n) is 3.26. The van der Waals surface area contributed by atoms with Gasteiger partial charge in [0.1, 0.15) is 5.75 Å². The summed E-state index contributed by atoms with van der Waals surface area (Å²) in [7, 11) is 0. The number of hydrogen-bond donors (Lipinski definition) is 0. The van der Waals surface area contributed by atoms with Crippen LogP contribution in [-0.4, -0.2) is 11.0 Å². The van der Waals surface area contributed by atoms with E-state index < -0.39 is 5.97 Å². The van der Waals surface area contributed by atoms with Gasteiger partial charge in [-0.25, -0.2) is 4.79 Å². The van der Waals surface area contributed by atoms with E-state index in [9.17, 15) is 4.79 Å². The summed E-state index contributed by atoms with van der Waals surface area (Å²) < 4.78 is 5.26. The summed E-state index contributed by atoms with van der Waals surface area (Å²) >= 11 is 1.45. The zero-order valence-electron chi connectivity index (χ0n) is 12.5. The van der Waals surface area contributed by atoms with E-state index in [1.807, 2.05) is 24.3 Å². The van der Waals surface area contributed by atoms with Crippen molar-refractivity contribution in [3.63, 3.8) is 0 Å². The minimum absolute atomic E-state index is 0.436. The average molecular weight is 332 g/mol. The third kappa shape index (κ3) is 3.94. The Morgan fingerprint density at radius 3 is 2.33 bits per heavy atom. The number of benzene rings is 2. The second-order valence-electron chi connectivity index (χ2n) is 4.87. The maximum Gasteiger partial charge on any atom is 0.336 e. The molecule has 0 N–H and O–H groups in total. The summed E-state index contributed by atoms with van der Waals surface area (Å²) in [4.78, 5) is 16.6. The van der Waals surface area contributed by atoms with Crippen molar-refractivity contribution in [2.75, 3.05) is 0 Å². The molecule has 0 aliphatic carbocycles. The van der Waals surface area contributed by atoms with Crippen LogP contribution in [0.15, 0.2) is 66.3 Å². The monoisotopic (exact) mass is 332 g/mol. The van der Waals surface area contributed by atoms with E-state index in [1.165, 1.54) is 17.4 Å². The van der Waals surface area contributed by atoms with Crippen LogP contribution in [0.4, 0.5) is 0 Å². The van der Waals surface area contributed by atoms with Gasteiger partial charge in [-0.1, -0.05) is 24.3 Å². The predicted molar refractivity (Wildman–Crippen MR) is 93.4 cm³/mol. The molecule has 0 amide bonds. The molecule has 0 bridgehead atoms. The summed E-state index contributed by atoms with van der Waals surface area (Å²) in [5.41, 5.74) is 4.31. The molecule has 0 aliphatic rings. The first-order valence-corrected chi connectivity index (χ1v) is 8.01. The molecule has 1 aromatic heterocycles. The Kier molecular flexibility index (Phi) is 4.80. The lowest BCUT2D eigenvalue weighted by atomic mass is 10.0. The summed E-state index contributed by atoms with van der Waals surface area (Å²) in [6, 6.07) is 16.6. The molecule has 116 valence electrons. The van der Waals surface area contributed by atoms with Gasteiger partial charge in [-0.05, 0) is 41.5 Å². The SMILES string of the molecule is N#Cc1ccc(-c2ccc(OC(=O)/C=C/c3cncs3)cc2)cc1. The number of esters is 1. The lowest BCUT2D eigenvalue weighted by Gasteiger charge is -2.04. The van der Waals surface area contributed by atoms with Crippen LogP contribution in [-0.2, 0) is 4.79 Å². The maximum atomic E-state index is 11.8. The van der Waals surface area contributed by atoms with Gasteiger partial charge in [-0.3, -0.25) is 4.98 Å². The first-order chi connectivity index (χ1) is 11.7. The topological polar surface area (TPSA) is 63.0 Å². The number of carbonyl (C=O) groups is 1. The van der Waals surface area contributed by atoms with Crippen molar-refractivity contribution in [2.45, 2.75) is 0 Å². The third-order valence-corrected chi connectivity index (χ3v) is 4.00. The van der Waals surface area contributed by atoms with Crippen molar-refractivity contribution in [3.8, 4) is 22.9 Å². The van der Waals surface area contributed by atoms with Crippen LogP contribution < -0.4 is 4.74 Å². The molecule has 4 nitrogen and oxygen atoms in total. The zero-order chi connectivity index (χ0) is 16.8.